The summed E-state index contributed by atoms with van der Waals surface area (Å²) in [6.07, 6.45) is 0.722. The number of methoxy groups -OCH3 is 1. The zero-order chi connectivity index (χ0) is 20.4. The predicted molar refractivity (Wildman–Crippen MR) is 115 cm³/mol. The third-order valence-corrected chi connectivity index (χ3v) is 6.05. The van der Waals surface area contributed by atoms with Gasteiger partial charge in [-0.05, 0) is 55.5 Å². The first kappa shape index (κ1) is 19.4. The Bertz CT molecular complexity index is 1150. The van der Waals surface area contributed by atoms with Gasteiger partial charge in [-0.1, -0.05) is 22.9 Å². The number of fused-ring (bicyclic) bond motifs is 1. The molecular weight excluding hydrogens is 408 g/mol. The lowest BCUT2D eigenvalue weighted by Gasteiger charge is -2.06. The van der Waals surface area contributed by atoms with Crippen LogP contribution >= 0.6 is 22.9 Å². The zero-order valence-corrected chi connectivity index (χ0v) is 17.5. The van der Waals surface area contributed by atoms with Crippen LogP contribution in [0.4, 0.5) is 0 Å². The van der Waals surface area contributed by atoms with Gasteiger partial charge in [0.2, 0.25) is 4.96 Å². The van der Waals surface area contributed by atoms with Crippen molar-refractivity contribution in [1.82, 2.24) is 19.9 Å². The zero-order valence-electron chi connectivity index (χ0n) is 16.0. The van der Waals surface area contributed by atoms with Gasteiger partial charge in [-0.15, -0.1) is 5.10 Å². The first-order valence-corrected chi connectivity index (χ1v) is 10.3. The highest BCUT2D eigenvalue weighted by Crippen LogP contribution is 2.25. The number of carbonyl (C=O) groups excluding carboxylic acids is 1. The fourth-order valence-corrected chi connectivity index (χ4v) is 4.15. The van der Waals surface area contributed by atoms with Crippen LogP contribution in [0.5, 0.6) is 5.75 Å². The van der Waals surface area contributed by atoms with Crippen molar-refractivity contribution in [1.29, 1.82) is 0 Å². The van der Waals surface area contributed by atoms with Crippen LogP contribution in [-0.2, 0) is 6.42 Å². The van der Waals surface area contributed by atoms with Crippen LogP contribution in [0, 0.1) is 6.92 Å². The molecule has 4 rings (SSSR count). The molecule has 0 atom stereocenters. The van der Waals surface area contributed by atoms with E-state index >= 15 is 0 Å². The lowest BCUT2D eigenvalue weighted by molar-refractivity contribution is 0.0954. The topological polar surface area (TPSA) is 68.5 Å². The van der Waals surface area contributed by atoms with Crippen molar-refractivity contribution in [3.8, 4) is 17.1 Å². The van der Waals surface area contributed by atoms with E-state index in [4.69, 9.17) is 16.3 Å². The van der Waals surface area contributed by atoms with Gasteiger partial charge in [-0.25, -0.2) is 4.52 Å². The Morgan fingerprint density at radius 3 is 2.55 bits per heavy atom. The molecule has 0 fully saturated rings. The van der Waals surface area contributed by atoms with Crippen molar-refractivity contribution in [2.24, 2.45) is 0 Å². The average Bonchev–Trinajstić information content (AvgIpc) is 3.28. The molecule has 2 aromatic carbocycles. The van der Waals surface area contributed by atoms with Gasteiger partial charge in [0, 0.05) is 34.0 Å². The molecule has 8 heteroatoms. The SMILES string of the molecule is COc1ccc(C(=O)NCCc2sc3nc(-c4ccc(Cl)cc4)nn3c2C)cc1. The minimum absolute atomic E-state index is 0.102. The number of amides is 1. The maximum absolute atomic E-state index is 12.3. The highest BCUT2D eigenvalue weighted by molar-refractivity contribution is 7.17. The van der Waals surface area contributed by atoms with E-state index in [1.54, 1.807) is 42.7 Å². The van der Waals surface area contributed by atoms with Gasteiger partial charge in [0.25, 0.3) is 5.91 Å². The molecule has 0 aliphatic heterocycles. The van der Waals surface area contributed by atoms with Gasteiger partial charge >= 0.3 is 0 Å². The summed E-state index contributed by atoms with van der Waals surface area (Å²) in [4.78, 5) is 18.9. The molecule has 0 aliphatic carbocycles. The minimum atomic E-state index is -0.102. The molecule has 0 spiro atoms. The van der Waals surface area contributed by atoms with Gasteiger partial charge in [-0.3, -0.25) is 4.79 Å². The van der Waals surface area contributed by atoms with Crippen LogP contribution in [0.2, 0.25) is 5.02 Å². The first-order chi connectivity index (χ1) is 14.0. The number of nitrogens with one attached hydrogen (secondary N) is 1. The predicted octanol–water partition coefficient (Wildman–Crippen LogP) is 4.40. The number of hydrogen-bond donors (Lipinski definition) is 1. The Balaban J connectivity index is 1.41. The second-order valence-electron chi connectivity index (χ2n) is 6.48. The molecule has 29 heavy (non-hydrogen) atoms. The molecule has 1 N–H and O–H groups in total. The summed E-state index contributed by atoms with van der Waals surface area (Å²) in [5.41, 5.74) is 2.58. The maximum Gasteiger partial charge on any atom is 0.251 e. The summed E-state index contributed by atoms with van der Waals surface area (Å²) in [6, 6.07) is 14.5. The normalized spacial score (nSPS) is 11.0. The smallest absolute Gasteiger partial charge is 0.251 e. The summed E-state index contributed by atoms with van der Waals surface area (Å²) in [5, 5.41) is 8.25. The highest BCUT2D eigenvalue weighted by atomic mass is 35.5. The molecule has 0 radical (unpaired) electrons. The van der Waals surface area contributed by atoms with Crippen LogP contribution in [-0.4, -0.2) is 34.2 Å². The van der Waals surface area contributed by atoms with E-state index in [0.29, 0.717) is 23.0 Å². The molecule has 148 valence electrons. The number of halogens is 1. The summed E-state index contributed by atoms with van der Waals surface area (Å²) in [5.74, 6) is 1.30. The van der Waals surface area contributed by atoms with Crippen molar-refractivity contribution >= 4 is 33.8 Å². The maximum atomic E-state index is 12.3. The number of rotatable bonds is 6. The quantitative estimate of drug-likeness (QED) is 0.496. The van der Waals surface area contributed by atoms with Crippen LogP contribution in [0.3, 0.4) is 0 Å². The van der Waals surface area contributed by atoms with Gasteiger partial charge in [-0.2, -0.15) is 4.98 Å². The standard InChI is InChI=1S/C21H19ClN4O2S/c1-13-18(11-12-23-20(27)15-5-9-17(28-2)10-6-15)29-21-24-19(25-26(13)21)14-3-7-16(22)8-4-14/h3-10H,11-12H2,1-2H3,(H,23,27). The molecule has 2 heterocycles. The second kappa shape index (κ2) is 8.23. The van der Waals surface area contributed by atoms with Crippen LogP contribution in [0.15, 0.2) is 48.5 Å². The molecule has 0 aliphatic rings. The molecule has 0 unspecified atom stereocenters. The molecule has 1 amide bonds. The lowest BCUT2D eigenvalue weighted by Crippen LogP contribution is -2.25. The molecular formula is C21H19ClN4O2S. The Morgan fingerprint density at radius 2 is 1.90 bits per heavy atom. The van der Waals surface area contributed by atoms with Crippen LogP contribution in [0.25, 0.3) is 16.3 Å². The number of benzene rings is 2. The van der Waals surface area contributed by atoms with Crippen molar-refractivity contribution in [3.63, 3.8) is 0 Å². The number of ether oxygens (including phenoxy) is 1. The van der Waals surface area contributed by atoms with Crippen LogP contribution in [0.1, 0.15) is 20.9 Å². The number of carbonyl (C=O) groups is 1. The third kappa shape index (κ3) is 4.11. The number of aromatic nitrogens is 3. The van der Waals surface area contributed by atoms with Gasteiger partial charge in [0.05, 0.1) is 12.8 Å². The highest BCUT2D eigenvalue weighted by Gasteiger charge is 2.14. The number of aryl methyl sites for hydroxylation is 1. The van der Waals surface area contributed by atoms with Crippen molar-refractivity contribution < 1.29 is 9.53 Å². The molecule has 0 saturated carbocycles. The van der Waals surface area contributed by atoms with E-state index < -0.39 is 0 Å². The van der Waals surface area contributed by atoms with E-state index in [2.05, 4.69) is 15.4 Å². The van der Waals surface area contributed by atoms with Crippen molar-refractivity contribution in [3.05, 3.63) is 69.7 Å². The van der Waals surface area contributed by atoms with E-state index in [0.717, 1.165) is 33.3 Å². The average molecular weight is 427 g/mol. The monoisotopic (exact) mass is 426 g/mol. The van der Waals surface area contributed by atoms with E-state index in [1.165, 1.54) is 0 Å². The minimum Gasteiger partial charge on any atom is -0.497 e. The second-order valence-corrected chi connectivity index (χ2v) is 7.98. The van der Waals surface area contributed by atoms with Crippen molar-refractivity contribution in [2.75, 3.05) is 13.7 Å². The molecule has 2 aromatic heterocycles. The number of thiazole rings is 1. The number of hydrogen-bond acceptors (Lipinski definition) is 5. The Labute approximate surface area is 177 Å². The molecule has 4 aromatic rings. The number of nitrogens with zero attached hydrogens (tertiary/aromatic N) is 3. The fraction of sp³-hybridized carbons (Fsp3) is 0.190. The fourth-order valence-electron chi connectivity index (χ4n) is 2.97. The summed E-state index contributed by atoms with van der Waals surface area (Å²) in [6.45, 7) is 2.56. The Hall–Kier alpha value is -2.90. The van der Waals surface area contributed by atoms with E-state index in [9.17, 15) is 4.79 Å². The van der Waals surface area contributed by atoms with Gasteiger partial charge in [0.15, 0.2) is 5.82 Å². The molecule has 0 saturated heterocycles. The van der Waals surface area contributed by atoms with Crippen molar-refractivity contribution in [2.45, 2.75) is 13.3 Å². The van der Waals surface area contributed by atoms with E-state index in [1.807, 2.05) is 35.7 Å². The summed E-state index contributed by atoms with van der Waals surface area (Å²) >= 11 is 7.54. The van der Waals surface area contributed by atoms with Gasteiger partial charge in [0.1, 0.15) is 5.75 Å². The Morgan fingerprint density at radius 1 is 1.17 bits per heavy atom. The van der Waals surface area contributed by atoms with E-state index in [-0.39, 0.29) is 5.91 Å². The summed E-state index contributed by atoms with van der Waals surface area (Å²) in [7, 11) is 1.60. The Kier molecular flexibility index (Phi) is 5.51. The molecule has 6 nitrogen and oxygen atoms in total. The largest absolute Gasteiger partial charge is 0.497 e. The first-order valence-electron chi connectivity index (χ1n) is 9.08. The van der Waals surface area contributed by atoms with Crippen LogP contribution < -0.4 is 10.1 Å². The third-order valence-electron chi connectivity index (χ3n) is 4.61. The lowest BCUT2D eigenvalue weighted by atomic mass is 10.2. The van der Waals surface area contributed by atoms with Gasteiger partial charge < -0.3 is 10.1 Å². The summed E-state index contributed by atoms with van der Waals surface area (Å²) < 4.78 is 6.97. The molecule has 0 bridgehead atoms.